The molecule has 0 radical (unpaired) electrons. The molecule has 0 spiro atoms. The zero-order chi connectivity index (χ0) is 11.6. The molecule has 1 fully saturated rings. The van der Waals surface area contributed by atoms with Gasteiger partial charge in [0.2, 0.25) is 0 Å². The number of carbonyl (C=O) groups is 1. The monoisotopic (exact) mass is 215 g/mol. The van der Waals surface area contributed by atoms with E-state index in [9.17, 15) is 9.90 Å². The summed E-state index contributed by atoms with van der Waals surface area (Å²) in [5.41, 5.74) is -0.114. The summed E-state index contributed by atoms with van der Waals surface area (Å²) < 4.78 is 0. The first-order valence-electron chi connectivity index (χ1n) is 5.46. The van der Waals surface area contributed by atoms with Gasteiger partial charge in [-0.3, -0.25) is 0 Å². The van der Waals surface area contributed by atoms with E-state index >= 15 is 0 Å². The van der Waals surface area contributed by atoms with Crippen LogP contribution < -0.4 is 0 Å². The summed E-state index contributed by atoms with van der Waals surface area (Å²) in [6.07, 6.45) is 0.381. The molecule has 2 atom stereocenters. The highest BCUT2D eigenvalue weighted by molar-refractivity contribution is 5.65. The van der Waals surface area contributed by atoms with Crippen LogP contribution in [0, 0.1) is 11.3 Å². The van der Waals surface area contributed by atoms with Gasteiger partial charge in [0.15, 0.2) is 0 Å². The number of aliphatic hydroxyl groups excluding tert-OH is 1. The van der Waals surface area contributed by atoms with Crippen LogP contribution in [0.15, 0.2) is 0 Å². The third-order valence-corrected chi connectivity index (χ3v) is 3.11. The Labute approximate surface area is 90.9 Å². The summed E-state index contributed by atoms with van der Waals surface area (Å²) in [7, 11) is 0. The van der Waals surface area contributed by atoms with Crippen LogP contribution in [0.5, 0.6) is 0 Å². The Morgan fingerprint density at radius 2 is 2.13 bits per heavy atom. The fraction of sp³-hybridized carbons (Fsp3) is 0.909. The minimum absolute atomic E-state index is 0.114. The first-order valence-corrected chi connectivity index (χ1v) is 5.46. The number of nitrogens with zero attached hydrogens (tertiary/aromatic N) is 1. The van der Waals surface area contributed by atoms with Gasteiger partial charge in [-0.25, -0.2) is 4.79 Å². The van der Waals surface area contributed by atoms with Gasteiger partial charge < -0.3 is 15.1 Å². The molecule has 1 amide bonds. The van der Waals surface area contributed by atoms with Gasteiger partial charge in [0.1, 0.15) is 0 Å². The number of amides is 1. The third-order valence-electron chi connectivity index (χ3n) is 3.11. The largest absolute Gasteiger partial charge is 0.465 e. The van der Waals surface area contributed by atoms with Gasteiger partial charge in [-0.05, 0) is 24.2 Å². The summed E-state index contributed by atoms with van der Waals surface area (Å²) in [5, 5.41) is 18.7. The SMILES string of the molecule is CC(C)(C)[C@@H](O)CC1CCN(C(=O)O)C1. The lowest BCUT2D eigenvalue weighted by Gasteiger charge is -2.27. The van der Waals surface area contributed by atoms with Crippen LogP contribution >= 0.6 is 0 Å². The lowest BCUT2D eigenvalue weighted by atomic mass is 9.83. The second kappa shape index (κ2) is 4.39. The van der Waals surface area contributed by atoms with Crippen molar-refractivity contribution in [3.8, 4) is 0 Å². The van der Waals surface area contributed by atoms with E-state index in [-0.39, 0.29) is 11.5 Å². The first kappa shape index (κ1) is 12.3. The molecule has 0 aromatic carbocycles. The molecule has 2 N–H and O–H groups in total. The Kier molecular flexibility index (Phi) is 3.60. The number of likely N-dealkylation sites (tertiary alicyclic amines) is 1. The predicted molar refractivity (Wildman–Crippen MR) is 57.8 cm³/mol. The summed E-state index contributed by atoms with van der Waals surface area (Å²) in [6.45, 7) is 7.18. The van der Waals surface area contributed by atoms with Crippen molar-refractivity contribution in [1.82, 2.24) is 4.90 Å². The van der Waals surface area contributed by atoms with E-state index in [2.05, 4.69) is 0 Å². The van der Waals surface area contributed by atoms with Gasteiger partial charge in [0, 0.05) is 13.1 Å². The molecule has 88 valence electrons. The van der Waals surface area contributed by atoms with Crippen LogP contribution in [0.3, 0.4) is 0 Å². The maximum Gasteiger partial charge on any atom is 0.407 e. The molecule has 4 heteroatoms. The van der Waals surface area contributed by atoms with Crippen molar-refractivity contribution in [3.63, 3.8) is 0 Å². The number of hydrogen-bond acceptors (Lipinski definition) is 2. The normalized spacial score (nSPS) is 24.3. The van der Waals surface area contributed by atoms with Gasteiger partial charge in [0.05, 0.1) is 6.10 Å². The van der Waals surface area contributed by atoms with Crippen molar-refractivity contribution in [2.75, 3.05) is 13.1 Å². The Balaban J connectivity index is 2.39. The van der Waals surface area contributed by atoms with E-state index in [1.165, 1.54) is 4.90 Å². The fourth-order valence-corrected chi connectivity index (χ4v) is 1.87. The first-order chi connectivity index (χ1) is 6.80. The van der Waals surface area contributed by atoms with Gasteiger partial charge in [-0.1, -0.05) is 20.8 Å². The third kappa shape index (κ3) is 3.38. The summed E-state index contributed by atoms with van der Waals surface area (Å²) in [6, 6.07) is 0. The van der Waals surface area contributed by atoms with Crippen LogP contribution in [-0.4, -0.2) is 40.4 Å². The molecule has 0 aliphatic carbocycles. The number of carboxylic acid groups (broad SMARTS) is 1. The molecular weight excluding hydrogens is 194 g/mol. The van der Waals surface area contributed by atoms with E-state index in [1.54, 1.807) is 0 Å². The van der Waals surface area contributed by atoms with Gasteiger partial charge in [0.25, 0.3) is 0 Å². The zero-order valence-electron chi connectivity index (χ0n) is 9.73. The zero-order valence-corrected chi connectivity index (χ0v) is 9.73. The molecule has 1 saturated heterocycles. The molecule has 1 rings (SSSR count). The van der Waals surface area contributed by atoms with Gasteiger partial charge >= 0.3 is 6.09 Å². The van der Waals surface area contributed by atoms with Crippen molar-refractivity contribution in [2.45, 2.75) is 39.7 Å². The van der Waals surface area contributed by atoms with E-state index in [0.29, 0.717) is 25.4 Å². The molecule has 0 aromatic rings. The van der Waals surface area contributed by atoms with Crippen LogP contribution in [-0.2, 0) is 0 Å². The molecule has 15 heavy (non-hydrogen) atoms. The average molecular weight is 215 g/mol. The fourth-order valence-electron chi connectivity index (χ4n) is 1.87. The molecule has 0 bridgehead atoms. The van der Waals surface area contributed by atoms with Crippen molar-refractivity contribution in [1.29, 1.82) is 0 Å². The average Bonchev–Trinajstić information content (AvgIpc) is 2.50. The van der Waals surface area contributed by atoms with Crippen molar-refractivity contribution in [2.24, 2.45) is 11.3 Å². The number of aliphatic hydroxyl groups is 1. The van der Waals surface area contributed by atoms with E-state index in [4.69, 9.17) is 5.11 Å². The van der Waals surface area contributed by atoms with Crippen molar-refractivity contribution in [3.05, 3.63) is 0 Å². The summed E-state index contributed by atoms with van der Waals surface area (Å²) in [4.78, 5) is 12.1. The standard InChI is InChI=1S/C11H21NO3/c1-11(2,3)9(13)6-8-4-5-12(7-8)10(14)15/h8-9,13H,4-7H2,1-3H3,(H,14,15)/t8?,9-/m0/s1. The number of rotatable bonds is 2. The van der Waals surface area contributed by atoms with E-state index in [1.807, 2.05) is 20.8 Å². The predicted octanol–water partition coefficient (Wildman–Crippen LogP) is 1.78. The second-order valence-electron chi connectivity index (χ2n) is 5.50. The smallest absolute Gasteiger partial charge is 0.407 e. The Morgan fingerprint density at radius 1 is 1.53 bits per heavy atom. The Hall–Kier alpha value is -0.770. The molecule has 1 unspecified atom stereocenters. The second-order valence-corrected chi connectivity index (χ2v) is 5.50. The quantitative estimate of drug-likeness (QED) is 0.738. The lowest BCUT2D eigenvalue weighted by molar-refractivity contribution is 0.0420. The lowest BCUT2D eigenvalue weighted by Crippen LogP contribution is -2.30. The molecule has 1 aliphatic heterocycles. The molecule has 1 aliphatic rings. The molecule has 0 aromatic heterocycles. The van der Waals surface area contributed by atoms with Crippen LogP contribution in [0.25, 0.3) is 0 Å². The summed E-state index contributed by atoms with van der Waals surface area (Å²) >= 11 is 0. The number of hydrogen-bond donors (Lipinski definition) is 2. The maximum absolute atomic E-state index is 10.7. The summed E-state index contributed by atoms with van der Waals surface area (Å²) in [5.74, 6) is 0.315. The highest BCUT2D eigenvalue weighted by Gasteiger charge is 2.31. The topological polar surface area (TPSA) is 60.8 Å². The molecule has 1 heterocycles. The van der Waals surface area contributed by atoms with Crippen molar-refractivity contribution < 1.29 is 15.0 Å². The van der Waals surface area contributed by atoms with Gasteiger partial charge in [-0.2, -0.15) is 0 Å². The van der Waals surface area contributed by atoms with Gasteiger partial charge in [-0.15, -0.1) is 0 Å². The van der Waals surface area contributed by atoms with E-state index in [0.717, 1.165) is 6.42 Å². The van der Waals surface area contributed by atoms with Crippen molar-refractivity contribution >= 4 is 6.09 Å². The molecule has 0 saturated carbocycles. The maximum atomic E-state index is 10.7. The highest BCUT2D eigenvalue weighted by Crippen LogP contribution is 2.28. The minimum Gasteiger partial charge on any atom is -0.465 e. The van der Waals surface area contributed by atoms with E-state index < -0.39 is 6.09 Å². The Bertz CT molecular complexity index is 234. The minimum atomic E-state index is -0.845. The molecular formula is C11H21NO3. The molecule has 4 nitrogen and oxygen atoms in total. The van der Waals surface area contributed by atoms with Crippen LogP contribution in [0.1, 0.15) is 33.6 Å². The Morgan fingerprint density at radius 3 is 2.53 bits per heavy atom. The highest BCUT2D eigenvalue weighted by atomic mass is 16.4. The van der Waals surface area contributed by atoms with Crippen LogP contribution in [0.4, 0.5) is 4.79 Å². The van der Waals surface area contributed by atoms with Crippen LogP contribution in [0.2, 0.25) is 0 Å².